The van der Waals surface area contributed by atoms with Crippen molar-refractivity contribution in [1.29, 1.82) is 0 Å². The monoisotopic (exact) mass is 392 g/mol. The molecule has 0 saturated carbocycles. The van der Waals surface area contributed by atoms with E-state index in [1.807, 2.05) is 24.4 Å². The molecule has 1 fully saturated rings. The van der Waals surface area contributed by atoms with Crippen molar-refractivity contribution < 1.29 is 4.79 Å². The highest BCUT2D eigenvalue weighted by atomic mass is 32.1. The molecule has 4 rings (SSSR count). The first-order chi connectivity index (χ1) is 13.8. The van der Waals surface area contributed by atoms with E-state index in [9.17, 15) is 4.79 Å². The highest BCUT2D eigenvalue weighted by molar-refractivity contribution is 7.07. The molecular weight excluding hydrogens is 368 g/mol. The van der Waals surface area contributed by atoms with Crippen LogP contribution in [-0.2, 0) is 6.54 Å². The van der Waals surface area contributed by atoms with Gasteiger partial charge in [-0.3, -0.25) is 14.7 Å². The van der Waals surface area contributed by atoms with E-state index >= 15 is 0 Å². The standard InChI is InChI=1S/C22H24N4OS/c27-22(21-15-28-16-25-21)24-13-17-8-11-26(12-9-17)14-18-4-6-19(7-5-18)20-3-1-2-10-23-20/h1-7,10,15-17H,8-9,11-14H2,(H,24,27). The Morgan fingerprint density at radius 3 is 2.61 bits per heavy atom. The van der Waals surface area contributed by atoms with Gasteiger partial charge in [0.25, 0.3) is 5.91 Å². The second-order valence-corrected chi connectivity index (χ2v) is 7.93. The summed E-state index contributed by atoms with van der Waals surface area (Å²) in [6.45, 7) is 3.85. The van der Waals surface area contributed by atoms with Crippen molar-refractivity contribution >= 4 is 17.2 Å². The number of benzene rings is 1. The number of aromatic nitrogens is 2. The topological polar surface area (TPSA) is 58.1 Å². The molecule has 0 spiro atoms. The molecule has 3 aromatic rings. The highest BCUT2D eigenvalue weighted by Gasteiger charge is 2.20. The van der Waals surface area contributed by atoms with E-state index in [4.69, 9.17) is 0 Å². The molecule has 5 nitrogen and oxygen atoms in total. The number of carbonyl (C=O) groups excluding carboxylic acids is 1. The van der Waals surface area contributed by atoms with E-state index in [-0.39, 0.29) is 5.91 Å². The molecule has 6 heteroatoms. The van der Waals surface area contributed by atoms with Crippen LogP contribution in [0.3, 0.4) is 0 Å². The van der Waals surface area contributed by atoms with E-state index in [1.54, 1.807) is 10.9 Å². The maximum absolute atomic E-state index is 12.0. The third kappa shape index (κ3) is 4.82. The smallest absolute Gasteiger partial charge is 0.270 e. The van der Waals surface area contributed by atoms with Gasteiger partial charge in [0.15, 0.2) is 0 Å². The van der Waals surface area contributed by atoms with Crippen molar-refractivity contribution in [3.63, 3.8) is 0 Å². The Hall–Kier alpha value is -2.57. The van der Waals surface area contributed by atoms with Gasteiger partial charge in [-0.2, -0.15) is 0 Å². The molecule has 0 atom stereocenters. The number of pyridine rings is 1. The van der Waals surface area contributed by atoms with Crippen LogP contribution < -0.4 is 5.32 Å². The minimum Gasteiger partial charge on any atom is -0.350 e. The number of nitrogens with zero attached hydrogens (tertiary/aromatic N) is 3. The third-order valence-electron chi connectivity index (χ3n) is 5.24. The van der Waals surface area contributed by atoms with Crippen molar-refractivity contribution in [2.75, 3.05) is 19.6 Å². The van der Waals surface area contributed by atoms with Crippen LogP contribution in [0.15, 0.2) is 59.6 Å². The van der Waals surface area contributed by atoms with Gasteiger partial charge in [-0.1, -0.05) is 30.3 Å². The maximum atomic E-state index is 12.0. The van der Waals surface area contributed by atoms with Crippen LogP contribution in [0.1, 0.15) is 28.9 Å². The molecule has 0 unspecified atom stereocenters. The molecule has 0 radical (unpaired) electrons. The zero-order valence-corrected chi connectivity index (χ0v) is 16.6. The van der Waals surface area contributed by atoms with E-state index in [0.29, 0.717) is 11.6 Å². The number of carbonyl (C=O) groups is 1. The molecule has 3 heterocycles. The Labute approximate surface area is 169 Å². The predicted octanol–water partition coefficient (Wildman–Crippen LogP) is 3.85. The summed E-state index contributed by atoms with van der Waals surface area (Å²) in [5.74, 6) is 0.488. The van der Waals surface area contributed by atoms with E-state index in [2.05, 4.69) is 44.5 Å². The molecular formula is C22H24N4OS. The summed E-state index contributed by atoms with van der Waals surface area (Å²) in [7, 11) is 0. The SMILES string of the molecule is O=C(NCC1CCN(Cc2ccc(-c3ccccn3)cc2)CC1)c1cscn1. The van der Waals surface area contributed by atoms with Gasteiger partial charge in [-0.05, 0) is 49.5 Å². The Bertz CT molecular complexity index is 873. The molecule has 1 aliphatic rings. The van der Waals surface area contributed by atoms with Gasteiger partial charge < -0.3 is 5.32 Å². The molecule has 0 aliphatic carbocycles. The van der Waals surface area contributed by atoms with Crippen LogP contribution in [0.25, 0.3) is 11.3 Å². The number of amides is 1. The minimum absolute atomic E-state index is 0.0586. The fourth-order valence-electron chi connectivity index (χ4n) is 3.57. The van der Waals surface area contributed by atoms with Crippen LogP contribution in [0.2, 0.25) is 0 Å². The van der Waals surface area contributed by atoms with Gasteiger partial charge in [0.1, 0.15) is 5.69 Å². The highest BCUT2D eigenvalue weighted by Crippen LogP contribution is 2.21. The lowest BCUT2D eigenvalue weighted by Gasteiger charge is -2.32. The zero-order valence-electron chi connectivity index (χ0n) is 15.8. The summed E-state index contributed by atoms with van der Waals surface area (Å²) in [6.07, 6.45) is 4.05. The van der Waals surface area contributed by atoms with Crippen molar-refractivity contribution in [3.8, 4) is 11.3 Å². The van der Waals surface area contributed by atoms with E-state index in [1.165, 1.54) is 16.9 Å². The predicted molar refractivity (Wildman–Crippen MR) is 112 cm³/mol. The van der Waals surface area contributed by atoms with Gasteiger partial charge >= 0.3 is 0 Å². The normalized spacial score (nSPS) is 15.4. The lowest BCUT2D eigenvalue weighted by Crippen LogP contribution is -2.38. The number of nitrogens with one attached hydrogen (secondary N) is 1. The summed E-state index contributed by atoms with van der Waals surface area (Å²) in [4.78, 5) is 23.0. The number of hydrogen-bond acceptors (Lipinski definition) is 5. The molecule has 1 aromatic carbocycles. The third-order valence-corrected chi connectivity index (χ3v) is 5.83. The quantitative estimate of drug-likeness (QED) is 0.692. The Morgan fingerprint density at radius 2 is 1.93 bits per heavy atom. The van der Waals surface area contributed by atoms with Crippen LogP contribution >= 0.6 is 11.3 Å². The van der Waals surface area contributed by atoms with Gasteiger partial charge in [-0.15, -0.1) is 11.3 Å². The summed E-state index contributed by atoms with van der Waals surface area (Å²) >= 11 is 1.45. The minimum atomic E-state index is -0.0586. The summed E-state index contributed by atoms with van der Waals surface area (Å²) in [5, 5.41) is 4.81. The number of rotatable bonds is 6. The fourth-order valence-corrected chi connectivity index (χ4v) is 4.11. The summed E-state index contributed by atoms with van der Waals surface area (Å²) in [5.41, 5.74) is 5.70. The van der Waals surface area contributed by atoms with Crippen LogP contribution in [0.5, 0.6) is 0 Å². The molecule has 144 valence electrons. The molecule has 1 N–H and O–H groups in total. The van der Waals surface area contributed by atoms with Crippen molar-refractivity contribution in [2.24, 2.45) is 5.92 Å². The number of hydrogen-bond donors (Lipinski definition) is 1. The van der Waals surface area contributed by atoms with Crippen LogP contribution in [0, 0.1) is 5.92 Å². The van der Waals surface area contributed by atoms with E-state index < -0.39 is 0 Å². The van der Waals surface area contributed by atoms with Gasteiger partial charge in [0, 0.05) is 30.2 Å². The van der Waals surface area contributed by atoms with Crippen LogP contribution in [-0.4, -0.2) is 40.4 Å². The van der Waals surface area contributed by atoms with E-state index in [0.717, 1.165) is 50.3 Å². The number of piperidine rings is 1. The van der Waals surface area contributed by atoms with Crippen molar-refractivity contribution in [3.05, 3.63) is 70.8 Å². The number of thiazole rings is 1. The van der Waals surface area contributed by atoms with Crippen LogP contribution in [0.4, 0.5) is 0 Å². The first kappa shape index (κ1) is 18.8. The first-order valence-electron chi connectivity index (χ1n) is 9.67. The van der Waals surface area contributed by atoms with Crippen molar-refractivity contribution in [1.82, 2.24) is 20.2 Å². The summed E-state index contributed by atoms with van der Waals surface area (Å²) in [6, 6.07) is 14.7. The van der Waals surface area contributed by atoms with Crippen molar-refractivity contribution in [2.45, 2.75) is 19.4 Å². The Kier molecular flexibility index (Phi) is 6.09. The van der Waals surface area contributed by atoms with Gasteiger partial charge in [-0.25, -0.2) is 4.98 Å². The number of likely N-dealkylation sites (tertiary alicyclic amines) is 1. The lowest BCUT2D eigenvalue weighted by atomic mass is 9.96. The largest absolute Gasteiger partial charge is 0.350 e. The lowest BCUT2D eigenvalue weighted by molar-refractivity contribution is 0.0931. The second kappa shape index (κ2) is 9.08. The fraction of sp³-hybridized carbons (Fsp3) is 0.318. The van der Waals surface area contributed by atoms with Gasteiger partial charge in [0.05, 0.1) is 11.2 Å². The Balaban J connectivity index is 1.23. The average molecular weight is 393 g/mol. The molecule has 28 heavy (non-hydrogen) atoms. The molecule has 0 bridgehead atoms. The molecule has 1 amide bonds. The average Bonchev–Trinajstić information content (AvgIpc) is 3.29. The second-order valence-electron chi connectivity index (χ2n) is 7.22. The maximum Gasteiger partial charge on any atom is 0.270 e. The molecule has 1 aliphatic heterocycles. The molecule has 1 saturated heterocycles. The Morgan fingerprint density at radius 1 is 1.11 bits per heavy atom. The van der Waals surface area contributed by atoms with Gasteiger partial charge in [0.2, 0.25) is 0 Å². The summed E-state index contributed by atoms with van der Waals surface area (Å²) < 4.78 is 0. The first-order valence-corrected chi connectivity index (χ1v) is 10.6. The molecule has 2 aromatic heterocycles. The zero-order chi connectivity index (χ0) is 19.2.